The van der Waals surface area contributed by atoms with Crippen molar-refractivity contribution in [2.24, 2.45) is 5.92 Å². The number of amides is 1. The smallest absolute Gasteiger partial charge is 0.309 e. The first-order valence-corrected chi connectivity index (χ1v) is 12.8. The number of hydrogen-bond acceptors (Lipinski definition) is 5. The first kappa shape index (κ1) is 25.2. The molecule has 9 heteroatoms. The molecule has 2 aromatic carbocycles. The van der Waals surface area contributed by atoms with Crippen molar-refractivity contribution in [1.29, 1.82) is 0 Å². The summed E-state index contributed by atoms with van der Waals surface area (Å²) in [6.07, 6.45) is 2.32. The van der Waals surface area contributed by atoms with Gasteiger partial charge in [0.25, 0.3) is 5.91 Å². The van der Waals surface area contributed by atoms with Crippen molar-refractivity contribution < 1.29 is 22.7 Å². The van der Waals surface area contributed by atoms with E-state index in [0.717, 1.165) is 12.8 Å². The van der Waals surface area contributed by atoms with Gasteiger partial charge < -0.3 is 10.1 Å². The average Bonchev–Trinajstić information content (AvgIpc) is 2.82. The molecule has 0 spiro atoms. The Bertz CT molecular complexity index is 1040. The summed E-state index contributed by atoms with van der Waals surface area (Å²) in [4.78, 5) is 24.7. The van der Waals surface area contributed by atoms with Gasteiger partial charge in [-0.15, -0.1) is 0 Å². The minimum atomic E-state index is -3.63. The van der Waals surface area contributed by atoms with E-state index >= 15 is 0 Å². The molecule has 0 bridgehead atoms. The average molecular weight is 493 g/mol. The molecule has 1 atom stereocenters. The molecule has 0 saturated carbocycles. The van der Waals surface area contributed by atoms with Gasteiger partial charge in [0.15, 0.2) is 6.61 Å². The van der Waals surface area contributed by atoms with Crippen LogP contribution in [0.15, 0.2) is 59.5 Å². The van der Waals surface area contributed by atoms with Crippen molar-refractivity contribution in [2.75, 3.05) is 19.7 Å². The van der Waals surface area contributed by atoms with Crippen molar-refractivity contribution in [1.82, 2.24) is 9.62 Å². The Morgan fingerprint density at radius 2 is 1.73 bits per heavy atom. The maximum Gasteiger partial charge on any atom is 0.309 e. The number of rotatable bonds is 9. The fraction of sp³-hybridized carbons (Fsp3) is 0.417. The fourth-order valence-corrected chi connectivity index (χ4v) is 5.35. The molecule has 33 heavy (non-hydrogen) atoms. The molecule has 178 valence electrons. The zero-order valence-electron chi connectivity index (χ0n) is 18.6. The lowest BCUT2D eigenvalue weighted by Gasteiger charge is -2.30. The van der Waals surface area contributed by atoms with Crippen molar-refractivity contribution in [3.8, 4) is 0 Å². The van der Waals surface area contributed by atoms with Gasteiger partial charge in [-0.2, -0.15) is 4.31 Å². The zero-order valence-corrected chi connectivity index (χ0v) is 20.1. The minimum absolute atomic E-state index is 0.0438. The Hall–Kier alpha value is -2.42. The highest BCUT2D eigenvalue weighted by Gasteiger charge is 2.33. The first-order valence-electron chi connectivity index (χ1n) is 11.0. The second-order valence-electron chi connectivity index (χ2n) is 8.23. The lowest BCUT2D eigenvalue weighted by molar-refractivity contribution is -0.153. The van der Waals surface area contributed by atoms with Crippen molar-refractivity contribution in [2.45, 2.75) is 43.5 Å². The fourth-order valence-electron chi connectivity index (χ4n) is 3.76. The van der Waals surface area contributed by atoms with E-state index in [1.54, 1.807) is 0 Å². The molecule has 0 aromatic heterocycles. The number of halogens is 1. The van der Waals surface area contributed by atoms with Gasteiger partial charge in [-0.05, 0) is 62.4 Å². The van der Waals surface area contributed by atoms with Gasteiger partial charge in [0, 0.05) is 24.2 Å². The van der Waals surface area contributed by atoms with Gasteiger partial charge in [-0.25, -0.2) is 8.42 Å². The normalized spacial score (nSPS) is 16.2. The molecule has 2 aromatic rings. The van der Waals surface area contributed by atoms with Crippen molar-refractivity contribution in [3.63, 3.8) is 0 Å². The highest BCUT2D eigenvalue weighted by atomic mass is 35.5. The summed E-state index contributed by atoms with van der Waals surface area (Å²) < 4.78 is 32.1. The molecular weight excluding hydrogens is 464 g/mol. The number of esters is 1. The summed E-state index contributed by atoms with van der Waals surface area (Å²) in [6, 6.07) is 16.0. The van der Waals surface area contributed by atoms with E-state index in [1.807, 2.05) is 37.3 Å². The number of carbonyl (C=O) groups excluding carboxylic acids is 2. The predicted molar refractivity (Wildman–Crippen MR) is 126 cm³/mol. The van der Waals surface area contributed by atoms with E-state index in [9.17, 15) is 18.0 Å². The van der Waals surface area contributed by atoms with Crippen LogP contribution in [0.25, 0.3) is 0 Å². The molecule has 1 fully saturated rings. The van der Waals surface area contributed by atoms with E-state index in [-0.39, 0.29) is 36.5 Å². The van der Waals surface area contributed by atoms with Crippen LogP contribution in [0, 0.1) is 5.92 Å². The van der Waals surface area contributed by atoms with Gasteiger partial charge in [0.2, 0.25) is 10.0 Å². The van der Waals surface area contributed by atoms with Crippen LogP contribution >= 0.6 is 11.6 Å². The van der Waals surface area contributed by atoms with Gasteiger partial charge in [-0.1, -0.05) is 41.9 Å². The van der Waals surface area contributed by atoms with Crippen LogP contribution in [0.4, 0.5) is 0 Å². The Labute approximate surface area is 200 Å². The molecule has 7 nitrogen and oxygen atoms in total. The molecule has 0 aliphatic carbocycles. The highest BCUT2D eigenvalue weighted by molar-refractivity contribution is 7.89. The summed E-state index contributed by atoms with van der Waals surface area (Å²) in [5.41, 5.74) is 1.20. The summed E-state index contributed by atoms with van der Waals surface area (Å²) >= 11 is 5.83. The number of aryl methyl sites for hydroxylation is 1. The zero-order chi connectivity index (χ0) is 23.8. The largest absolute Gasteiger partial charge is 0.455 e. The summed E-state index contributed by atoms with van der Waals surface area (Å²) in [6.45, 7) is 2.01. The summed E-state index contributed by atoms with van der Waals surface area (Å²) in [5, 5.41) is 3.31. The van der Waals surface area contributed by atoms with E-state index in [0.29, 0.717) is 17.9 Å². The van der Waals surface area contributed by atoms with Gasteiger partial charge in [0.05, 0.1) is 10.8 Å². The monoisotopic (exact) mass is 492 g/mol. The van der Waals surface area contributed by atoms with Crippen LogP contribution in [0.2, 0.25) is 5.02 Å². The minimum Gasteiger partial charge on any atom is -0.455 e. The number of nitrogens with zero attached hydrogens (tertiary/aromatic N) is 1. The second kappa shape index (κ2) is 11.6. The lowest BCUT2D eigenvalue weighted by Crippen LogP contribution is -2.41. The predicted octanol–water partition coefficient (Wildman–Crippen LogP) is 3.42. The Balaban J connectivity index is 1.39. The van der Waals surface area contributed by atoms with Crippen molar-refractivity contribution in [3.05, 3.63) is 65.2 Å². The van der Waals surface area contributed by atoms with Crippen LogP contribution < -0.4 is 5.32 Å². The number of hydrogen-bond donors (Lipinski definition) is 1. The number of sulfonamides is 1. The molecule has 1 aliphatic rings. The van der Waals surface area contributed by atoms with Crippen LogP contribution in [-0.2, 0) is 30.8 Å². The maximum atomic E-state index is 12.8. The number of nitrogens with one attached hydrogen (secondary N) is 1. The Morgan fingerprint density at radius 3 is 2.36 bits per heavy atom. The number of piperidine rings is 1. The maximum absolute atomic E-state index is 12.8. The standard InChI is InChI=1S/C24H29ClN2O5S/c1-18(7-8-19-5-3-2-4-6-19)26-23(28)17-32-24(29)20-13-15-27(16-14-20)33(30,31)22-11-9-21(25)10-12-22/h2-6,9-12,18,20H,7-8,13-17H2,1H3,(H,26,28). The molecule has 1 unspecified atom stereocenters. The van der Waals surface area contributed by atoms with Crippen LogP contribution in [0.1, 0.15) is 31.7 Å². The number of carbonyl (C=O) groups is 2. The Morgan fingerprint density at radius 1 is 1.09 bits per heavy atom. The second-order valence-corrected chi connectivity index (χ2v) is 10.6. The van der Waals surface area contributed by atoms with Crippen molar-refractivity contribution >= 4 is 33.5 Å². The molecule has 0 radical (unpaired) electrons. The van der Waals surface area contributed by atoms with Crippen LogP contribution in [-0.4, -0.2) is 50.3 Å². The van der Waals surface area contributed by atoms with Gasteiger partial charge in [-0.3, -0.25) is 9.59 Å². The van der Waals surface area contributed by atoms with Crippen LogP contribution in [0.5, 0.6) is 0 Å². The molecular formula is C24H29ClN2O5S. The topological polar surface area (TPSA) is 92.8 Å². The van der Waals surface area contributed by atoms with E-state index < -0.39 is 21.9 Å². The number of ether oxygens (including phenoxy) is 1. The van der Waals surface area contributed by atoms with Gasteiger partial charge >= 0.3 is 5.97 Å². The first-order chi connectivity index (χ1) is 15.8. The molecule has 1 saturated heterocycles. The summed E-state index contributed by atoms with van der Waals surface area (Å²) in [5.74, 6) is -1.23. The highest BCUT2D eigenvalue weighted by Crippen LogP contribution is 2.25. The van der Waals surface area contributed by atoms with E-state index in [4.69, 9.17) is 16.3 Å². The molecule has 1 N–H and O–H groups in total. The lowest BCUT2D eigenvalue weighted by atomic mass is 9.98. The van der Waals surface area contributed by atoms with E-state index in [1.165, 1.54) is 34.1 Å². The third kappa shape index (κ3) is 7.28. The quantitative estimate of drug-likeness (QED) is 0.541. The molecule has 1 amide bonds. The third-order valence-corrected chi connectivity index (χ3v) is 7.87. The summed E-state index contributed by atoms with van der Waals surface area (Å²) in [7, 11) is -3.63. The number of benzene rings is 2. The Kier molecular flexibility index (Phi) is 8.88. The third-order valence-electron chi connectivity index (χ3n) is 5.70. The molecule has 1 aliphatic heterocycles. The van der Waals surface area contributed by atoms with Gasteiger partial charge in [0.1, 0.15) is 0 Å². The molecule has 1 heterocycles. The van der Waals surface area contributed by atoms with Crippen LogP contribution in [0.3, 0.4) is 0 Å². The van der Waals surface area contributed by atoms with E-state index in [2.05, 4.69) is 5.32 Å². The SMILES string of the molecule is CC(CCc1ccccc1)NC(=O)COC(=O)C1CCN(S(=O)(=O)c2ccc(Cl)cc2)CC1. The molecule has 3 rings (SSSR count).